The van der Waals surface area contributed by atoms with Gasteiger partial charge in [-0.2, -0.15) is 0 Å². The van der Waals surface area contributed by atoms with Gasteiger partial charge in [0.05, 0.1) is 7.11 Å². The maximum Gasteiger partial charge on any atom is 0.270 e. The highest BCUT2D eigenvalue weighted by Crippen LogP contribution is 2.34. The number of amides is 1. The van der Waals surface area contributed by atoms with Crippen molar-refractivity contribution in [3.63, 3.8) is 0 Å². The Morgan fingerprint density at radius 2 is 2.07 bits per heavy atom. The molecule has 0 spiro atoms. The first-order valence-corrected chi connectivity index (χ1v) is 10.2. The van der Waals surface area contributed by atoms with Crippen molar-refractivity contribution >= 4 is 28.8 Å². The Morgan fingerprint density at radius 1 is 1.25 bits per heavy atom. The number of carbonyl (C=O) groups is 1. The molecule has 1 saturated carbocycles. The van der Waals surface area contributed by atoms with E-state index in [2.05, 4.69) is 10.3 Å². The highest BCUT2D eigenvalue weighted by Gasteiger charge is 2.25. The summed E-state index contributed by atoms with van der Waals surface area (Å²) in [7, 11) is 1.60. The van der Waals surface area contributed by atoms with Gasteiger partial charge in [-0.3, -0.25) is 4.79 Å². The highest BCUT2D eigenvalue weighted by molar-refractivity contribution is 7.13. The number of hydrogen-bond acceptors (Lipinski definition) is 5. The van der Waals surface area contributed by atoms with Crippen LogP contribution < -0.4 is 14.8 Å². The van der Waals surface area contributed by atoms with Gasteiger partial charge in [0.25, 0.3) is 5.91 Å². The number of aromatic nitrogens is 1. The Balaban J connectivity index is 1.49. The first-order chi connectivity index (χ1) is 13.6. The average molecular weight is 415 g/mol. The Morgan fingerprint density at radius 3 is 2.82 bits per heavy atom. The molecule has 0 radical (unpaired) electrons. The number of nitrogens with one attached hydrogen (secondary N) is 1. The second-order valence-corrected chi connectivity index (χ2v) is 7.80. The quantitative estimate of drug-likeness (QED) is 0.594. The normalized spacial score (nSPS) is 13.2. The smallest absolute Gasteiger partial charge is 0.270 e. The number of halogens is 1. The SMILES string of the molecule is COc1cc(-c2nc(C(=O)NC3CC3)cs2)ccc1OCc1ccccc1Cl. The zero-order valence-electron chi connectivity index (χ0n) is 15.3. The number of benzene rings is 2. The monoisotopic (exact) mass is 414 g/mol. The minimum Gasteiger partial charge on any atom is -0.493 e. The Labute approximate surface area is 172 Å². The second-order valence-electron chi connectivity index (χ2n) is 6.53. The van der Waals surface area contributed by atoms with E-state index in [0.717, 1.165) is 29.0 Å². The minimum atomic E-state index is -0.114. The van der Waals surface area contributed by atoms with E-state index in [9.17, 15) is 4.79 Å². The van der Waals surface area contributed by atoms with Gasteiger partial charge in [0, 0.05) is 27.6 Å². The van der Waals surface area contributed by atoms with Crippen molar-refractivity contribution in [1.29, 1.82) is 0 Å². The van der Waals surface area contributed by atoms with Gasteiger partial charge in [0.15, 0.2) is 11.5 Å². The number of thiazole rings is 1. The summed E-state index contributed by atoms with van der Waals surface area (Å²) in [6.07, 6.45) is 2.10. The van der Waals surface area contributed by atoms with Crippen LogP contribution in [0.25, 0.3) is 10.6 Å². The van der Waals surface area contributed by atoms with Crippen LogP contribution in [0.3, 0.4) is 0 Å². The lowest BCUT2D eigenvalue weighted by Gasteiger charge is -2.12. The molecule has 1 fully saturated rings. The summed E-state index contributed by atoms with van der Waals surface area (Å²) in [5.41, 5.74) is 2.23. The molecule has 144 valence electrons. The molecule has 1 aliphatic rings. The van der Waals surface area contributed by atoms with Crippen molar-refractivity contribution in [2.24, 2.45) is 0 Å². The van der Waals surface area contributed by atoms with Crippen LogP contribution in [0.2, 0.25) is 5.02 Å². The number of ether oxygens (including phenoxy) is 2. The lowest BCUT2D eigenvalue weighted by molar-refractivity contribution is 0.0947. The third-order valence-corrected chi connectivity index (χ3v) is 5.66. The van der Waals surface area contributed by atoms with Gasteiger partial charge in [-0.05, 0) is 37.1 Å². The molecular weight excluding hydrogens is 396 g/mol. The minimum absolute atomic E-state index is 0.114. The van der Waals surface area contributed by atoms with Crippen LogP contribution in [0.5, 0.6) is 11.5 Å². The molecule has 0 saturated heterocycles. The molecule has 1 N–H and O–H groups in total. The first kappa shape index (κ1) is 18.8. The van der Waals surface area contributed by atoms with E-state index in [-0.39, 0.29) is 5.91 Å². The molecule has 1 heterocycles. The van der Waals surface area contributed by atoms with Crippen molar-refractivity contribution in [2.45, 2.75) is 25.5 Å². The third kappa shape index (κ3) is 4.29. The third-order valence-electron chi connectivity index (χ3n) is 4.40. The maximum absolute atomic E-state index is 12.1. The van der Waals surface area contributed by atoms with Crippen molar-refractivity contribution in [2.75, 3.05) is 7.11 Å². The first-order valence-electron chi connectivity index (χ1n) is 8.95. The van der Waals surface area contributed by atoms with Crippen LogP contribution in [-0.4, -0.2) is 24.0 Å². The number of carbonyl (C=O) groups excluding carboxylic acids is 1. The molecule has 0 unspecified atom stereocenters. The molecule has 2 aromatic carbocycles. The molecule has 7 heteroatoms. The second kappa shape index (κ2) is 8.20. The molecule has 0 atom stereocenters. The van der Waals surface area contributed by atoms with E-state index in [0.29, 0.717) is 34.9 Å². The highest BCUT2D eigenvalue weighted by atomic mass is 35.5. The lowest BCUT2D eigenvalue weighted by Crippen LogP contribution is -2.25. The summed E-state index contributed by atoms with van der Waals surface area (Å²) in [6, 6.07) is 13.5. The summed E-state index contributed by atoms with van der Waals surface area (Å²) < 4.78 is 11.4. The standard InChI is InChI=1S/C21H19ClN2O3S/c1-26-19-10-13(21-24-17(12-28-21)20(25)23-15-7-8-15)6-9-18(19)27-11-14-4-2-3-5-16(14)22/h2-6,9-10,12,15H,7-8,11H2,1H3,(H,23,25). The van der Waals surface area contributed by atoms with E-state index in [1.54, 1.807) is 12.5 Å². The van der Waals surface area contributed by atoms with Crippen molar-refractivity contribution in [1.82, 2.24) is 10.3 Å². The molecule has 0 aliphatic heterocycles. The van der Waals surface area contributed by atoms with E-state index in [1.165, 1.54) is 11.3 Å². The summed E-state index contributed by atoms with van der Waals surface area (Å²) in [5.74, 6) is 1.11. The average Bonchev–Trinajstić information content (AvgIpc) is 3.38. The molecule has 3 aromatic rings. The molecule has 0 bridgehead atoms. The number of hydrogen-bond donors (Lipinski definition) is 1. The topological polar surface area (TPSA) is 60.5 Å². The van der Waals surface area contributed by atoms with Gasteiger partial charge < -0.3 is 14.8 Å². The lowest BCUT2D eigenvalue weighted by atomic mass is 10.2. The molecule has 28 heavy (non-hydrogen) atoms. The molecule has 5 nitrogen and oxygen atoms in total. The van der Waals surface area contributed by atoms with Crippen LogP contribution >= 0.6 is 22.9 Å². The fourth-order valence-corrected chi connectivity index (χ4v) is 3.68. The number of nitrogens with zero attached hydrogens (tertiary/aromatic N) is 1. The van der Waals surface area contributed by atoms with Crippen molar-refractivity contribution in [3.8, 4) is 22.1 Å². The number of methoxy groups -OCH3 is 1. The van der Waals surface area contributed by atoms with Crippen LogP contribution in [0.15, 0.2) is 47.8 Å². The zero-order chi connectivity index (χ0) is 19.5. The summed E-state index contributed by atoms with van der Waals surface area (Å²) in [5, 5.41) is 6.16. The van der Waals surface area contributed by atoms with Gasteiger partial charge >= 0.3 is 0 Å². The zero-order valence-corrected chi connectivity index (χ0v) is 16.8. The number of rotatable bonds is 7. The Kier molecular flexibility index (Phi) is 5.50. The van der Waals surface area contributed by atoms with Crippen molar-refractivity contribution < 1.29 is 14.3 Å². The Hall–Kier alpha value is -2.57. The van der Waals surface area contributed by atoms with Gasteiger partial charge in [-0.1, -0.05) is 29.8 Å². The van der Waals surface area contributed by atoms with E-state index >= 15 is 0 Å². The van der Waals surface area contributed by atoms with Crippen LogP contribution in [0.1, 0.15) is 28.9 Å². The van der Waals surface area contributed by atoms with Gasteiger partial charge in [0.1, 0.15) is 17.3 Å². The van der Waals surface area contributed by atoms with E-state index in [4.69, 9.17) is 21.1 Å². The van der Waals surface area contributed by atoms with Gasteiger partial charge in [-0.25, -0.2) is 4.98 Å². The largest absolute Gasteiger partial charge is 0.493 e. The fraction of sp³-hybridized carbons (Fsp3) is 0.238. The summed E-state index contributed by atoms with van der Waals surface area (Å²) >= 11 is 7.61. The Bertz CT molecular complexity index is 1000. The fourth-order valence-electron chi connectivity index (χ4n) is 2.69. The van der Waals surface area contributed by atoms with Gasteiger partial charge in [-0.15, -0.1) is 11.3 Å². The van der Waals surface area contributed by atoms with E-state index < -0.39 is 0 Å². The van der Waals surface area contributed by atoms with Crippen LogP contribution in [-0.2, 0) is 6.61 Å². The molecule has 1 aliphatic carbocycles. The van der Waals surface area contributed by atoms with Crippen molar-refractivity contribution in [3.05, 3.63) is 64.1 Å². The predicted molar refractivity (Wildman–Crippen MR) is 110 cm³/mol. The summed E-state index contributed by atoms with van der Waals surface area (Å²) in [4.78, 5) is 16.6. The molecular formula is C21H19ClN2O3S. The van der Waals surface area contributed by atoms with Gasteiger partial charge in [0.2, 0.25) is 0 Å². The van der Waals surface area contributed by atoms with Crippen LogP contribution in [0, 0.1) is 0 Å². The van der Waals surface area contributed by atoms with E-state index in [1.807, 2.05) is 42.5 Å². The predicted octanol–water partition coefficient (Wildman–Crippen LogP) is 4.94. The maximum atomic E-state index is 12.1. The molecule has 1 amide bonds. The van der Waals surface area contributed by atoms with Crippen LogP contribution in [0.4, 0.5) is 0 Å². The summed E-state index contributed by atoms with van der Waals surface area (Å²) in [6.45, 7) is 0.345. The molecule has 1 aromatic heterocycles. The molecule has 4 rings (SSSR count).